The van der Waals surface area contributed by atoms with E-state index in [1.165, 1.54) is 32.1 Å². The van der Waals surface area contributed by atoms with E-state index in [9.17, 15) is 0 Å². The maximum atomic E-state index is 6.31. The van der Waals surface area contributed by atoms with Gasteiger partial charge in [0.25, 0.3) is 0 Å². The number of hydrogen-bond acceptors (Lipinski definition) is 0. The monoisotopic (exact) mass is 172 g/mol. The van der Waals surface area contributed by atoms with E-state index in [4.69, 9.17) is 11.6 Å². The Labute approximate surface area is 74.3 Å². The van der Waals surface area contributed by atoms with Crippen molar-refractivity contribution in [2.75, 3.05) is 0 Å². The highest BCUT2D eigenvalue weighted by molar-refractivity contribution is 6.20. The summed E-state index contributed by atoms with van der Waals surface area (Å²) < 4.78 is 0. The van der Waals surface area contributed by atoms with Crippen LogP contribution in [-0.4, -0.2) is 5.38 Å². The number of halogens is 1. The Bertz CT molecular complexity index is 144. The number of rotatable bonds is 3. The van der Waals surface area contributed by atoms with Crippen molar-refractivity contribution in [1.82, 2.24) is 0 Å². The molecule has 0 aromatic heterocycles. The van der Waals surface area contributed by atoms with Crippen molar-refractivity contribution in [2.45, 2.75) is 44.4 Å². The van der Waals surface area contributed by atoms with E-state index >= 15 is 0 Å². The molecule has 0 heterocycles. The molecule has 11 heavy (non-hydrogen) atoms. The van der Waals surface area contributed by atoms with E-state index < -0.39 is 0 Å². The highest BCUT2D eigenvalue weighted by Gasteiger charge is 2.49. The van der Waals surface area contributed by atoms with Gasteiger partial charge in [-0.2, -0.15) is 0 Å². The molecule has 0 radical (unpaired) electrons. The first-order chi connectivity index (χ1) is 5.33. The first-order valence-corrected chi connectivity index (χ1v) is 5.40. The predicted molar refractivity (Wildman–Crippen MR) is 48.9 cm³/mol. The summed E-state index contributed by atoms with van der Waals surface area (Å²) in [5.74, 6) is 3.03. The molecule has 0 nitrogen and oxygen atoms in total. The van der Waals surface area contributed by atoms with Gasteiger partial charge in [-0.15, -0.1) is 11.6 Å². The van der Waals surface area contributed by atoms with Crippen LogP contribution in [0.2, 0.25) is 0 Å². The van der Waals surface area contributed by atoms with E-state index in [2.05, 4.69) is 6.92 Å². The zero-order chi connectivity index (χ0) is 7.84. The molecule has 0 N–H and O–H groups in total. The average Bonchev–Trinajstić information content (AvgIpc) is 2.63. The van der Waals surface area contributed by atoms with Gasteiger partial charge < -0.3 is 0 Å². The Morgan fingerprint density at radius 1 is 1.45 bits per heavy atom. The fraction of sp³-hybridized carbons (Fsp3) is 1.00. The molecule has 2 aliphatic rings. The lowest BCUT2D eigenvalue weighted by Gasteiger charge is -2.17. The second-order valence-electron chi connectivity index (χ2n) is 4.21. The second-order valence-corrected chi connectivity index (χ2v) is 4.77. The van der Waals surface area contributed by atoms with E-state index in [1.807, 2.05) is 0 Å². The molecule has 1 heteroatoms. The molecule has 4 atom stereocenters. The van der Waals surface area contributed by atoms with Crippen LogP contribution in [0.4, 0.5) is 0 Å². The van der Waals surface area contributed by atoms with Crippen LogP contribution >= 0.6 is 11.6 Å². The smallest absolute Gasteiger partial charge is 0.0366 e. The van der Waals surface area contributed by atoms with Crippen LogP contribution in [0.25, 0.3) is 0 Å². The Morgan fingerprint density at radius 3 is 2.73 bits per heavy atom. The van der Waals surface area contributed by atoms with E-state index in [1.54, 1.807) is 0 Å². The van der Waals surface area contributed by atoms with Crippen molar-refractivity contribution >= 4 is 11.6 Å². The maximum Gasteiger partial charge on any atom is 0.0366 e. The van der Waals surface area contributed by atoms with Crippen molar-refractivity contribution in [3.05, 3.63) is 0 Å². The summed E-state index contributed by atoms with van der Waals surface area (Å²) in [6.07, 6.45) is 6.88. The summed E-state index contributed by atoms with van der Waals surface area (Å²) in [5, 5.41) is 0.498. The van der Waals surface area contributed by atoms with Crippen molar-refractivity contribution < 1.29 is 0 Å². The molecular weight excluding hydrogens is 156 g/mol. The lowest BCUT2D eigenvalue weighted by atomic mass is 9.96. The topological polar surface area (TPSA) is 0 Å². The largest absolute Gasteiger partial charge is 0.123 e. The highest BCUT2D eigenvalue weighted by atomic mass is 35.5. The normalized spacial score (nSPS) is 43.6. The third kappa shape index (κ3) is 1.42. The molecule has 0 aromatic rings. The van der Waals surface area contributed by atoms with Crippen LogP contribution in [0, 0.1) is 17.8 Å². The summed E-state index contributed by atoms with van der Waals surface area (Å²) in [7, 11) is 0. The molecule has 0 aromatic carbocycles. The van der Waals surface area contributed by atoms with Crippen LogP contribution in [-0.2, 0) is 0 Å². The van der Waals surface area contributed by atoms with Crippen LogP contribution in [0.3, 0.4) is 0 Å². The molecule has 0 spiro atoms. The molecule has 0 amide bonds. The Balaban J connectivity index is 1.84. The molecule has 2 fully saturated rings. The Kier molecular flexibility index (Phi) is 2.14. The zero-order valence-electron chi connectivity index (χ0n) is 7.22. The van der Waals surface area contributed by atoms with E-state index in [-0.39, 0.29) is 0 Å². The summed E-state index contributed by atoms with van der Waals surface area (Å²) in [6.45, 7) is 2.23. The first kappa shape index (κ1) is 7.91. The number of alkyl halides is 1. The van der Waals surface area contributed by atoms with Gasteiger partial charge in [-0.3, -0.25) is 0 Å². The number of hydrogen-bond donors (Lipinski definition) is 0. The average molecular weight is 173 g/mol. The van der Waals surface area contributed by atoms with Crippen LogP contribution in [0.5, 0.6) is 0 Å². The molecule has 0 aliphatic heterocycles. The molecule has 64 valence electrons. The number of fused-ring (bicyclic) bond motifs is 1. The molecule has 2 saturated carbocycles. The van der Waals surface area contributed by atoms with Gasteiger partial charge in [-0.25, -0.2) is 0 Å². The van der Waals surface area contributed by atoms with Gasteiger partial charge in [0.15, 0.2) is 0 Å². The molecule has 0 saturated heterocycles. The van der Waals surface area contributed by atoms with Crippen LogP contribution in [0.15, 0.2) is 0 Å². The zero-order valence-corrected chi connectivity index (χ0v) is 7.98. The van der Waals surface area contributed by atoms with E-state index in [0.29, 0.717) is 5.38 Å². The van der Waals surface area contributed by atoms with Gasteiger partial charge in [-0.05, 0) is 43.4 Å². The van der Waals surface area contributed by atoms with Crippen molar-refractivity contribution in [3.8, 4) is 0 Å². The summed E-state index contributed by atoms with van der Waals surface area (Å²) in [5.41, 5.74) is 0. The minimum atomic E-state index is 0.498. The van der Waals surface area contributed by atoms with Gasteiger partial charge in [0, 0.05) is 5.38 Å². The minimum absolute atomic E-state index is 0.498. The standard InChI is InChI=1S/C10H17Cl/c1-2-3-10(11)8-5-4-7-6-9(7)8/h7-10H,2-6H2,1H3. The summed E-state index contributed by atoms with van der Waals surface area (Å²) >= 11 is 6.31. The summed E-state index contributed by atoms with van der Waals surface area (Å²) in [4.78, 5) is 0. The second kappa shape index (κ2) is 2.97. The van der Waals surface area contributed by atoms with Crippen LogP contribution < -0.4 is 0 Å². The van der Waals surface area contributed by atoms with Crippen LogP contribution in [0.1, 0.15) is 39.0 Å². The van der Waals surface area contributed by atoms with Gasteiger partial charge in [-0.1, -0.05) is 13.3 Å². The fourth-order valence-electron chi connectivity index (χ4n) is 2.69. The SMILES string of the molecule is CCCC(Cl)C1CCC2CC21. The van der Waals surface area contributed by atoms with Gasteiger partial charge in [0.2, 0.25) is 0 Å². The van der Waals surface area contributed by atoms with Crippen molar-refractivity contribution in [2.24, 2.45) is 17.8 Å². The van der Waals surface area contributed by atoms with Gasteiger partial charge in [0.05, 0.1) is 0 Å². The predicted octanol–water partition coefficient (Wildman–Crippen LogP) is 3.44. The summed E-state index contributed by atoms with van der Waals surface area (Å²) in [6, 6.07) is 0. The first-order valence-electron chi connectivity index (χ1n) is 4.97. The van der Waals surface area contributed by atoms with Gasteiger partial charge in [0.1, 0.15) is 0 Å². The third-order valence-corrected chi connectivity index (χ3v) is 3.97. The molecule has 2 aliphatic carbocycles. The quantitative estimate of drug-likeness (QED) is 0.573. The lowest BCUT2D eigenvalue weighted by molar-refractivity contribution is 0.435. The Morgan fingerprint density at radius 2 is 2.27 bits per heavy atom. The lowest BCUT2D eigenvalue weighted by Crippen LogP contribution is -2.14. The van der Waals surface area contributed by atoms with E-state index in [0.717, 1.165) is 17.8 Å². The Hall–Kier alpha value is 0.290. The minimum Gasteiger partial charge on any atom is -0.123 e. The van der Waals surface area contributed by atoms with Gasteiger partial charge >= 0.3 is 0 Å². The molecule has 2 rings (SSSR count). The third-order valence-electron chi connectivity index (χ3n) is 3.43. The fourth-order valence-corrected chi connectivity index (χ4v) is 3.22. The van der Waals surface area contributed by atoms with Crippen molar-refractivity contribution in [3.63, 3.8) is 0 Å². The highest BCUT2D eigenvalue weighted by Crippen LogP contribution is 2.57. The molecular formula is C10H17Cl. The molecule has 4 unspecified atom stereocenters. The van der Waals surface area contributed by atoms with Crippen molar-refractivity contribution in [1.29, 1.82) is 0 Å². The molecule has 0 bridgehead atoms. The maximum absolute atomic E-state index is 6.31.